The second kappa shape index (κ2) is 12.4. The van der Waals surface area contributed by atoms with Crippen molar-refractivity contribution in [3.8, 4) is 6.07 Å². The van der Waals surface area contributed by atoms with Crippen molar-refractivity contribution in [2.24, 2.45) is 17.4 Å². The normalized spacial score (nSPS) is 23.2. The van der Waals surface area contributed by atoms with Gasteiger partial charge < -0.3 is 26.2 Å². The highest BCUT2D eigenvalue weighted by atomic mass is 16.5. The quantitative estimate of drug-likeness (QED) is 0.315. The van der Waals surface area contributed by atoms with Gasteiger partial charge in [-0.05, 0) is 104 Å². The third kappa shape index (κ3) is 5.49. The van der Waals surface area contributed by atoms with Crippen LogP contribution in [0, 0.1) is 17.2 Å². The van der Waals surface area contributed by atoms with E-state index in [0.717, 1.165) is 67.2 Å². The Bertz CT molecular complexity index is 1820. The third-order valence-corrected chi connectivity index (χ3v) is 11.0. The molecule has 3 aromatic rings. The minimum atomic E-state index is -1.09. The van der Waals surface area contributed by atoms with Gasteiger partial charge in [-0.25, -0.2) is 4.79 Å². The van der Waals surface area contributed by atoms with Crippen molar-refractivity contribution in [1.29, 1.82) is 5.26 Å². The number of nitrogens with one attached hydrogen (secondary N) is 1. The lowest BCUT2D eigenvalue weighted by Gasteiger charge is -2.39. The minimum absolute atomic E-state index is 0.0494. The molecule has 1 saturated heterocycles. The molecule has 0 radical (unpaired) electrons. The Kier molecular flexibility index (Phi) is 8.19. The number of benzene rings is 2. The molecular formula is C36H41N7O5. The summed E-state index contributed by atoms with van der Waals surface area (Å²) in [5.74, 6) is -1.04. The number of carbonyl (C=O) groups is 3. The SMILES string of the molecule is C[C@@H](CC1(c2nc(=O)on2C2CCCCC2)c2ccc(C(N)=O)cc2CCc2cc(C(N)=O)ccc21)NCC(=O)N1[C@H](C#N)C[C@@H]2C[C@@H]21. The number of rotatable bonds is 9. The monoisotopic (exact) mass is 651 g/mol. The molecule has 0 spiro atoms. The number of nitrogens with two attached hydrogens (primary N) is 2. The molecule has 2 heterocycles. The molecule has 3 fully saturated rings. The van der Waals surface area contributed by atoms with Crippen molar-refractivity contribution in [1.82, 2.24) is 19.9 Å². The predicted molar refractivity (Wildman–Crippen MR) is 175 cm³/mol. The first-order valence-electron chi connectivity index (χ1n) is 17.0. The van der Waals surface area contributed by atoms with Gasteiger partial charge in [0.2, 0.25) is 17.7 Å². The van der Waals surface area contributed by atoms with Gasteiger partial charge in [0, 0.05) is 23.2 Å². The molecule has 250 valence electrons. The Morgan fingerprint density at radius 2 is 1.65 bits per heavy atom. The van der Waals surface area contributed by atoms with Gasteiger partial charge in [0.05, 0.1) is 24.1 Å². The molecule has 5 N–H and O–H groups in total. The van der Waals surface area contributed by atoms with Crippen molar-refractivity contribution in [2.45, 2.75) is 101 Å². The summed E-state index contributed by atoms with van der Waals surface area (Å²) < 4.78 is 7.61. The van der Waals surface area contributed by atoms with Crippen LogP contribution in [0.15, 0.2) is 45.7 Å². The zero-order chi connectivity index (χ0) is 33.7. The Morgan fingerprint density at radius 3 is 2.23 bits per heavy atom. The highest BCUT2D eigenvalue weighted by molar-refractivity contribution is 5.94. The molecule has 3 amide bonds. The summed E-state index contributed by atoms with van der Waals surface area (Å²) in [6.45, 7) is 2.04. The Morgan fingerprint density at radius 1 is 1.02 bits per heavy atom. The van der Waals surface area contributed by atoms with Crippen LogP contribution in [0.25, 0.3) is 0 Å². The number of carbonyl (C=O) groups excluding carboxylic acids is 3. The van der Waals surface area contributed by atoms with Crippen LogP contribution in [0.3, 0.4) is 0 Å². The van der Waals surface area contributed by atoms with Crippen molar-refractivity contribution in [3.05, 3.63) is 86.2 Å². The van der Waals surface area contributed by atoms with Crippen LogP contribution in [-0.4, -0.2) is 57.0 Å². The summed E-state index contributed by atoms with van der Waals surface area (Å²) >= 11 is 0. The summed E-state index contributed by atoms with van der Waals surface area (Å²) in [5, 5.41) is 13.1. The number of aromatic nitrogens is 2. The highest BCUT2D eigenvalue weighted by Crippen LogP contribution is 2.49. The molecule has 0 unspecified atom stereocenters. The Balaban J connectivity index is 1.37. The molecule has 0 bridgehead atoms. The predicted octanol–water partition coefficient (Wildman–Crippen LogP) is 2.85. The summed E-state index contributed by atoms with van der Waals surface area (Å²) in [4.78, 5) is 57.7. The molecule has 7 rings (SSSR count). The average molecular weight is 652 g/mol. The van der Waals surface area contributed by atoms with Crippen molar-refractivity contribution < 1.29 is 18.9 Å². The molecule has 4 atom stereocenters. The fraction of sp³-hybridized carbons (Fsp3) is 0.500. The number of primary amides is 2. The van der Waals surface area contributed by atoms with Crippen molar-refractivity contribution in [3.63, 3.8) is 0 Å². The van der Waals surface area contributed by atoms with E-state index in [1.165, 1.54) is 0 Å². The number of hydrogen-bond donors (Lipinski definition) is 3. The van der Waals surface area contributed by atoms with Gasteiger partial charge in [0.1, 0.15) is 6.04 Å². The molecular weight excluding hydrogens is 610 g/mol. The van der Waals surface area contributed by atoms with Gasteiger partial charge in [-0.1, -0.05) is 31.4 Å². The fourth-order valence-corrected chi connectivity index (χ4v) is 8.65. The molecule has 1 aromatic heterocycles. The largest absolute Gasteiger partial charge is 0.459 e. The Hall–Kier alpha value is -4.76. The maximum atomic E-state index is 13.5. The van der Waals surface area contributed by atoms with Gasteiger partial charge in [-0.3, -0.25) is 14.4 Å². The molecule has 3 aliphatic carbocycles. The molecule has 4 aliphatic rings. The van der Waals surface area contributed by atoms with Gasteiger partial charge in [0.25, 0.3) is 0 Å². The topological polar surface area (TPSA) is 190 Å². The number of nitriles is 1. The number of fused-ring (bicyclic) bond motifs is 3. The molecule has 48 heavy (non-hydrogen) atoms. The zero-order valence-corrected chi connectivity index (χ0v) is 27.1. The van der Waals surface area contributed by atoms with Crippen LogP contribution in [0.1, 0.15) is 113 Å². The first-order valence-corrected chi connectivity index (χ1v) is 17.0. The lowest BCUT2D eigenvalue weighted by molar-refractivity contribution is -0.131. The summed E-state index contributed by atoms with van der Waals surface area (Å²) in [6.07, 6.45) is 7.88. The van der Waals surface area contributed by atoms with Crippen LogP contribution in [0.2, 0.25) is 0 Å². The molecule has 12 heteroatoms. The summed E-state index contributed by atoms with van der Waals surface area (Å²) in [7, 11) is 0. The average Bonchev–Trinajstić information content (AvgIpc) is 3.61. The number of nitrogens with zero attached hydrogens (tertiary/aromatic N) is 4. The number of piperidine rings is 1. The van der Waals surface area contributed by atoms with Crippen LogP contribution in [0.4, 0.5) is 0 Å². The van der Waals surface area contributed by atoms with Crippen LogP contribution in [-0.2, 0) is 23.1 Å². The van der Waals surface area contributed by atoms with E-state index in [4.69, 9.17) is 16.0 Å². The van der Waals surface area contributed by atoms with Crippen LogP contribution in [0.5, 0.6) is 0 Å². The van der Waals surface area contributed by atoms with Crippen LogP contribution >= 0.6 is 0 Å². The minimum Gasteiger partial charge on any atom is -0.366 e. The number of hydrogen-bond acceptors (Lipinski definition) is 8. The lowest BCUT2D eigenvalue weighted by atomic mass is 9.67. The van der Waals surface area contributed by atoms with E-state index in [1.54, 1.807) is 33.9 Å². The fourth-order valence-electron chi connectivity index (χ4n) is 8.65. The highest BCUT2D eigenvalue weighted by Gasteiger charge is 2.54. The smallest absolute Gasteiger partial charge is 0.366 e. The molecule has 2 aromatic carbocycles. The molecule has 2 saturated carbocycles. The van der Waals surface area contributed by atoms with Gasteiger partial charge in [-0.15, -0.1) is 0 Å². The second-order valence-electron chi connectivity index (χ2n) is 14.0. The third-order valence-electron chi connectivity index (χ3n) is 11.0. The van der Waals surface area contributed by atoms with E-state index >= 15 is 0 Å². The number of aryl methyl sites for hydroxylation is 2. The van der Waals surface area contributed by atoms with E-state index in [-0.39, 0.29) is 30.6 Å². The van der Waals surface area contributed by atoms with Gasteiger partial charge >= 0.3 is 5.76 Å². The van der Waals surface area contributed by atoms with E-state index in [0.29, 0.717) is 42.1 Å². The van der Waals surface area contributed by atoms with Gasteiger partial charge in [0.15, 0.2) is 5.82 Å². The van der Waals surface area contributed by atoms with Crippen LogP contribution < -0.4 is 22.5 Å². The first kappa shape index (κ1) is 31.8. The summed E-state index contributed by atoms with van der Waals surface area (Å²) in [6, 6.07) is 12.5. The van der Waals surface area contributed by atoms with Gasteiger partial charge in [-0.2, -0.15) is 15.0 Å². The Labute approximate surface area is 278 Å². The van der Waals surface area contributed by atoms with E-state index in [2.05, 4.69) is 16.4 Å². The first-order chi connectivity index (χ1) is 23.1. The second-order valence-corrected chi connectivity index (χ2v) is 14.0. The molecule has 12 nitrogen and oxygen atoms in total. The van der Waals surface area contributed by atoms with E-state index in [1.807, 2.05) is 19.1 Å². The van der Waals surface area contributed by atoms with E-state index in [9.17, 15) is 24.4 Å². The number of likely N-dealkylation sites (tertiary alicyclic amines) is 1. The summed E-state index contributed by atoms with van der Waals surface area (Å²) in [5.41, 5.74) is 14.5. The lowest BCUT2D eigenvalue weighted by Crippen LogP contribution is -2.47. The maximum Gasteiger partial charge on any atom is 0.459 e. The maximum absolute atomic E-state index is 13.5. The molecule has 1 aliphatic heterocycles. The standard InChI is InChI=1S/C36H41N7O5/c1-20(40-19-31(44)42-27(18-37)15-25-16-30(25)42)17-36(34-41-35(47)48-43(34)26-5-3-2-4-6-26)28-11-9-23(32(38)45)13-21(28)7-8-22-14-24(33(39)46)10-12-29(22)36/h9-14,20,25-27,30,40H,2-8,15-17,19H2,1H3,(H2,38,45)(H2,39,46)/t20-,25+,27-,30-/m0/s1. The van der Waals surface area contributed by atoms with E-state index < -0.39 is 29.0 Å². The zero-order valence-electron chi connectivity index (χ0n) is 27.1. The number of amides is 3. The van der Waals surface area contributed by atoms with Crippen molar-refractivity contribution >= 4 is 17.7 Å². The van der Waals surface area contributed by atoms with Crippen molar-refractivity contribution in [2.75, 3.05) is 6.54 Å².